The Morgan fingerprint density at radius 2 is 1.39 bits per heavy atom. The van der Waals surface area contributed by atoms with Gasteiger partial charge in [0.25, 0.3) is 0 Å². The number of carboxylic acids is 1. The van der Waals surface area contributed by atoms with Crippen molar-refractivity contribution >= 4 is 23.9 Å². The van der Waals surface area contributed by atoms with Gasteiger partial charge in [0.1, 0.15) is 24.3 Å². The monoisotopic (exact) mass is 794 g/mol. The van der Waals surface area contributed by atoms with Gasteiger partial charge in [-0.05, 0) is 66.5 Å². The molecule has 0 aliphatic heterocycles. The van der Waals surface area contributed by atoms with E-state index in [-0.39, 0.29) is 43.9 Å². The second kappa shape index (κ2) is 24.4. The highest BCUT2D eigenvalue weighted by Gasteiger charge is 2.38. The number of aliphatic carboxylic acids is 1. The largest absolute Gasteiger partial charge is 0.490 e. The second-order valence-electron chi connectivity index (χ2n) is 12.9. The third-order valence-electron chi connectivity index (χ3n) is 8.30. The number of halogens is 5. The van der Waals surface area contributed by atoms with Crippen LogP contribution in [0.25, 0.3) is 0 Å². The van der Waals surface area contributed by atoms with E-state index in [0.717, 1.165) is 48.6 Å². The summed E-state index contributed by atoms with van der Waals surface area (Å²) in [5, 5.41) is 27.0. The molecule has 0 radical (unpaired) electrons. The Hall–Kier alpha value is -5.09. The van der Waals surface area contributed by atoms with Gasteiger partial charge in [-0.3, -0.25) is 9.59 Å². The minimum absolute atomic E-state index is 0.0161. The SMILES string of the molecule is CCCN(CCC)C(=O)CC[C@H](NC(=O)OCc1ccccc1)C(=O)N[C@@H](Cc1cc(F)cc(F)c1)[C@H](O)CNCc1cccc(CC)c1.O=C(O)C(F)(F)F. The summed E-state index contributed by atoms with van der Waals surface area (Å²) in [7, 11) is 0. The fourth-order valence-electron chi connectivity index (χ4n) is 5.52. The first-order valence-electron chi connectivity index (χ1n) is 18.3. The van der Waals surface area contributed by atoms with Crippen molar-refractivity contribution in [2.75, 3.05) is 19.6 Å². The molecule has 0 aromatic heterocycles. The number of hydrogen-bond acceptors (Lipinski definition) is 7. The van der Waals surface area contributed by atoms with Crippen LogP contribution in [-0.4, -0.2) is 83.0 Å². The van der Waals surface area contributed by atoms with Crippen molar-refractivity contribution in [3.63, 3.8) is 0 Å². The highest BCUT2D eigenvalue weighted by Crippen LogP contribution is 2.15. The summed E-state index contributed by atoms with van der Waals surface area (Å²) in [6, 6.07) is 17.9. The molecule has 3 amide bonds. The molecule has 0 saturated carbocycles. The van der Waals surface area contributed by atoms with Crippen LogP contribution in [-0.2, 0) is 45.1 Å². The number of ether oxygens (including phenoxy) is 1. The normalized spacial score (nSPS) is 12.7. The fraction of sp³-hybridized carbons (Fsp3) is 0.450. The van der Waals surface area contributed by atoms with Gasteiger partial charge in [-0.15, -0.1) is 0 Å². The molecule has 5 N–H and O–H groups in total. The lowest BCUT2D eigenvalue weighted by Crippen LogP contribution is -2.55. The number of alkyl carbamates (subject to hydrolysis) is 1. The van der Waals surface area contributed by atoms with E-state index < -0.39 is 54.0 Å². The predicted molar refractivity (Wildman–Crippen MR) is 199 cm³/mol. The number of carbonyl (C=O) groups is 4. The highest BCUT2D eigenvalue weighted by molar-refractivity contribution is 5.87. The first kappa shape index (κ1) is 47.1. The van der Waals surface area contributed by atoms with Crippen LogP contribution >= 0.6 is 0 Å². The highest BCUT2D eigenvalue weighted by atomic mass is 19.4. The van der Waals surface area contributed by atoms with E-state index in [2.05, 4.69) is 28.9 Å². The van der Waals surface area contributed by atoms with Crippen molar-refractivity contribution in [3.8, 4) is 0 Å². The molecule has 0 aliphatic rings. The third kappa shape index (κ3) is 18.0. The molecule has 3 aromatic carbocycles. The molecule has 56 heavy (non-hydrogen) atoms. The molecule has 11 nitrogen and oxygen atoms in total. The zero-order valence-corrected chi connectivity index (χ0v) is 31.7. The van der Waals surface area contributed by atoms with E-state index in [1.807, 2.05) is 50.2 Å². The van der Waals surface area contributed by atoms with Crippen LogP contribution in [0.1, 0.15) is 68.7 Å². The third-order valence-corrected chi connectivity index (χ3v) is 8.30. The second-order valence-corrected chi connectivity index (χ2v) is 12.9. The van der Waals surface area contributed by atoms with E-state index in [4.69, 9.17) is 14.6 Å². The molecule has 0 spiro atoms. The number of amides is 3. The van der Waals surface area contributed by atoms with Crippen molar-refractivity contribution < 1.29 is 56.1 Å². The van der Waals surface area contributed by atoms with Gasteiger partial charge in [0.2, 0.25) is 11.8 Å². The van der Waals surface area contributed by atoms with Crippen LogP contribution < -0.4 is 16.0 Å². The minimum Gasteiger partial charge on any atom is -0.475 e. The average molecular weight is 795 g/mol. The number of aliphatic hydroxyl groups excluding tert-OH is 1. The molecule has 3 rings (SSSR count). The lowest BCUT2D eigenvalue weighted by Gasteiger charge is -2.28. The van der Waals surface area contributed by atoms with Gasteiger partial charge in [0.05, 0.1) is 12.1 Å². The lowest BCUT2D eigenvalue weighted by atomic mass is 9.99. The molecular formula is C40H51F5N4O7. The number of carbonyl (C=O) groups excluding carboxylic acids is 3. The van der Waals surface area contributed by atoms with Gasteiger partial charge in [0.15, 0.2) is 0 Å². The van der Waals surface area contributed by atoms with Gasteiger partial charge < -0.3 is 35.8 Å². The van der Waals surface area contributed by atoms with Crippen LogP contribution in [0.5, 0.6) is 0 Å². The van der Waals surface area contributed by atoms with Crippen molar-refractivity contribution in [1.29, 1.82) is 0 Å². The van der Waals surface area contributed by atoms with Crippen LogP contribution in [0.4, 0.5) is 26.7 Å². The van der Waals surface area contributed by atoms with Crippen molar-refractivity contribution in [2.24, 2.45) is 0 Å². The summed E-state index contributed by atoms with van der Waals surface area (Å²) in [6.07, 6.45) is -4.83. The van der Waals surface area contributed by atoms with Gasteiger partial charge in [0, 0.05) is 38.7 Å². The van der Waals surface area contributed by atoms with Crippen molar-refractivity contribution in [2.45, 2.75) is 96.8 Å². The summed E-state index contributed by atoms with van der Waals surface area (Å²) in [6.45, 7) is 7.64. The molecule has 0 saturated heterocycles. The number of rotatable bonds is 20. The number of nitrogens with zero attached hydrogens (tertiary/aromatic N) is 1. The maximum absolute atomic E-state index is 14.1. The number of aliphatic hydroxyl groups is 1. The van der Waals surface area contributed by atoms with E-state index in [9.17, 15) is 41.4 Å². The topological polar surface area (TPSA) is 157 Å². The van der Waals surface area contributed by atoms with E-state index >= 15 is 0 Å². The molecular weight excluding hydrogens is 743 g/mol. The van der Waals surface area contributed by atoms with Gasteiger partial charge >= 0.3 is 18.2 Å². The average Bonchev–Trinajstić information content (AvgIpc) is 3.15. The van der Waals surface area contributed by atoms with E-state index in [0.29, 0.717) is 19.6 Å². The Morgan fingerprint density at radius 1 is 0.804 bits per heavy atom. The summed E-state index contributed by atoms with van der Waals surface area (Å²) < 4.78 is 65.3. The molecule has 16 heteroatoms. The van der Waals surface area contributed by atoms with Crippen LogP contribution in [0.2, 0.25) is 0 Å². The first-order valence-corrected chi connectivity index (χ1v) is 18.3. The Morgan fingerprint density at radius 3 is 1.96 bits per heavy atom. The van der Waals surface area contributed by atoms with E-state index in [1.165, 1.54) is 5.56 Å². The Labute approximate surface area is 323 Å². The fourth-order valence-corrected chi connectivity index (χ4v) is 5.52. The molecule has 3 aromatic rings. The molecule has 0 aliphatic carbocycles. The van der Waals surface area contributed by atoms with Gasteiger partial charge in [-0.25, -0.2) is 18.4 Å². The zero-order chi connectivity index (χ0) is 41.7. The zero-order valence-electron chi connectivity index (χ0n) is 31.7. The summed E-state index contributed by atoms with van der Waals surface area (Å²) in [5.74, 6) is -5.15. The van der Waals surface area contributed by atoms with Crippen molar-refractivity contribution in [1.82, 2.24) is 20.9 Å². The number of benzene rings is 3. The molecule has 0 heterocycles. The Bertz CT molecular complexity index is 1650. The number of aryl methyl sites for hydroxylation is 1. The first-order chi connectivity index (χ1) is 26.6. The maximum Gasteiger partial charge on any atom is 0.490 e. The van der Waals surface area contributed by atoms with Gasteiger partial charge in [-0.1, -0.05) is 75.4 Å². The van der Waals surface area contributed by atoms with Crippen LogP contribution in [0.3, 0.4) is 0 Å². The van der Waals surface area contributed by atoms with Gasteiger partial charge in [-0.2, -0.15) is 13.2 Å². The Kier molecular flexibility index (Phi) is 20.5. The Balaban J connectivity index is 0.00000141. The van der Waals surface area contributed by atoms with Crippen LogP contribution in [0, 0.1) is 11.6 Å². The quantitative estimate of drug-likeness (QED) is 0.0865. The number of nitrogens with one attached hydrogen (secondary N) is 3. The summed E-state index contributed by atoms with van der Waals surface area (Å²) in [4.78, 5) is 50.4. The minimum atomic E-state index is -5.08. The van der Waals surface area contributed by atoms with Crippen molar-refractivity contribution in [3.05, 3.63) is 107 Å². The molecule has 0 bridgehead atoms. The summed E-state index contributed by atoms with van der Waals surface area (Å²) in [5.41, 5.74) is 3.17. The maximum atomic E-state index is 14.1. The standard InChI is InChI=1S/C38H50F2N4O5.C2HF3O2/c1-4-17-44(18-5-2)36(46)16-15-33(43-38(48)49-26-28-11-8-7-9-12-28)37(47)42-34(22-30-20-31(39)23-32(40)21-30)35(45)25-41-24-29-14-10-13-27(6-3)19-29;3-2(4,5)1(6)7/h7-14,19-21,23,33-35,41,45H,4-6,15-18,22,24-26H2,1-3H3,(H,42,47)(H,43,48);(H,6,7)/t33-,34-,35+;/m0./s1. The molecule has 0 fully saturated rings. The number of carboxylic acid groups (broad SMARTS) is 1. The smallest absolute Gasteiger partial charge is 0.475 e. The predicted octanol–water partition coefficient (Wildman–Crippen LogP) is 6.06. The summed E-state index contributed by atoms with van der Waals surface area (Å²) >= 11 is 0. The lowest BCUT2D eigenvalue weighted by molar-refractivity contribution is -0.192. The molecule has 308 valence electrons. The molecule has 0 unspecified atom stereocenters. The number of alkyl halides is 3. The van der Waals surface area contributed by atoms with E-state index in [1.54, 1.807) is 17.0 Å². The molecule has 3 atom stereocenters. The number of hydrogen-bond donors (Lipinski definition) is 5. The van der Waals surface area contributed by atoms with Crippen LogP contribution in [0.15, 0.2) is 72.8 Å².